The molecule has 0 aliphatic heterocycles. The number of hydrogen-bond donors (Lipinski definition) is 1. The predicted molar refractivity (Wildman–Crippen MR) is 107 cm³/mol. The monoisotopic (exact) mass is 447 g/mol. The Bertz CT molecular complexity index is 1060. The number of nitrogens with zero attached hydrogens (tertiary/aromatic N) is 4. The number of fused-ring (bicyclic) bond motifs is 1. The van der Waals surface area contributed by atoms with Crippen molar-refractivity contribution in [2.75, 3.05) is 5.32 Å². The Balaban J connectivity index is 1.79. The van der Waals surface area contributed by atoms with E-state index in [1.54, 1.807) is 23.1 Å². The summed E-state index contributed by atoms with van der Waals surface area (Å²) in [6.07, 6.45) is 5.69. The molecule has 0 radical (unpaired) electrons. The fraction of sp³-hybridized carbons (Fsp3) is 0.0556. The summed E-state index contributed by atoms with van der Waals surface area (Å²) in [5, 5.41) is 8.93. The van der Waals surface area contributed by atoms with Crippen molar-refractivity contribution < 1.29 is 0 Å². The van der Waals surface area contributed by atoms with Gasteiger partial charge in [0, 0.05) is 28.7 Å². The van der Waals surface area contributed by atoms with Gasteiger partial charge in [0.05, 0.1) is 28.2 Å². The van der Waals surface area contributed by atoms with Crippen molar-refractivity contribution in [3.63, 3.8) is 0 Å². The smallest absolute Gasteiger partial charge is 0.171 e. The van der Waals surface area contributed by atoms with Crippen LogP contribution in [0.2, 0.25) is 10.0 Å². The Morgan fingerprint density at radius 1 is 1.08 bits per heavy atom. The van der Waals surface area contributed by atoms with Gasteiger partial charge in [0.15, 0.2) is 5.65 Å². The van der Waals surface area contributed by atoms with Crippen LogP contribution in [0.25, 0.3) is 5.65 Å². The number of hydrogen-bond acceptors (Lipinski definition) is 4. The van der Waals surface area contributed by atoms with E-state index in [1.165, 1.54) is 0 Å². The van der Waals surface area contributed by atoms with Crippen molar-refractivity contribution in [2.24, 2.45) is 0 Å². The molecule has 8 heteroatoms. The van der Waals surface area contributed by atoms with E-state index in [2.05, 4.69) is 31.3 Å². The van der Waals surface area contributed by atoms with Crippen LogP contribution in [0.4, 0.5) is 11.5 Å². The lowest BCUT2D eigenvalue weighted by Crippen LogP contribution is -2.05. The van der Waals surface area contributed by atoms with Crippen LogP contribution < -0.4 is 5.32 Å². The highest BCUT2D eigenvalue weighted by atomic mass is 79.9. The van der Waals surface area contributed by atoms with Gasteiger partial charge in [-0.3, -0.25) is 4.98 Å². The number of benzene rings is 1. The molecule has 0 spiro atoms. The van der Waals surface area contributed by atoms with Crippen LogP contribution >= 0.6 is 39.1 Å². The zero-order valence-corrected chi connectivity index (χ0v) is 16.4. The molecular formula is C18H12BrCl2N5. The molecule has 1 N–H and O–H groups in total. The lowest BCUT2D eigenvalue weighted by molar-refractivity contribution is 0.926. The van der Waals surface area contributed by atoms with Crippen molar-refractivity contribution in [1.29, 1.82) is 0 Å². The molecule has 0 saturated heterocycles. The van der Waals surface area contributed by atoms with E-state index in [0.29, 0.717) is 22.1 Å². The highest BCUT2D eigenvalue weighted by Crippen LogP contribution is 2.29. The predicted octanol–water partition coefficient (Wildman–Crippen LogP) is 5.53. The molecule has 0 aliphatic carbocycles. The van der Waals surface area contributed by atoms with Crippen molar-refractivity contribution in [2.45, 2.75) is 6.42 Å². The number of halogens is 3. The summed E-state index contributed by atoms with van der Waals surface area (Å²) in [5.41, 5.74) is 3.22. The van der Waals surface area contributed by atoms with Crippen LogP contribution in [-0.4, -0.2) is 19.6 Å². The molecule has 26 heavy (non-hydrogen) atoms. The molecular weight excluding hydrogens is 437 g/mol. The van der Waals surface area contributed by atoms with Crippen LogP contribution in [0.15, 0.2) is 59.5 Å². The Morgan fingerprint density at radius 3 is 2.62 bits per heavy atom. The third-order valence-electron chi connectivity index (χ3n) is 3.84. The number of nitrogens with one attached hydrogen (secondary N) is 1. The summed E-state index contributed by atoms with van der Waals surface area (Å²) in [6, 6.07) is 11.2. The summed E-state index contributed by atoms with van der Waals surface area (Å²) < 4.78 is 2.54. The van der Waals surface area contributed by atoms with E-state index in [4.69, 9.17) is 28.2 Å². The largest absolute Gasteiger partial charge is 0.339 e. The summed E-state index contributed by atoms with van der Waals surface area (Å²) in [4.78, 5) is 8.82. The normalized spacial score (nSPS) is 11.0. The van der Waals surface area contributed by atoms with Crippen LogP contribution in [0.5, 0.6) is 0 Å². The first-order valence-electron chi connectivity index (χ1n) is 7.75. The van der Waals surface area contributed by atoms with Crippen LogP contribution in [0.3, 0.4) is 0 Å². The van der Waals surface area contributed by atoms with Gasteiger partial charge in [-0.1, -0.05) is 29.3 Å². The van der Waals surface area contributed by atoms with Crippen LogP contribution in [-0.2, 0) is 6.42 Å². The average Bonchev–Trinajstić information content (AvgIpc) is 3.01. The second kappa shape index (κ2) is 7.23. The maximum Gasteiger partial charge on any atom is 0.171 e. The quantitative estimate of drug-likeness (QED) is 0.446. The average molecular weight is 449 g/mol. The fourth-order valence-electron chi connectivity index (χ4n) is 2.63. The van der Waals surface area contributed by atoms with Gasteiger partial charge in [-0.2, -0.15) is 9.61 Å². The summed E-state index contributed by atoms with van der Waals surface area (Å²) in [6.45, 7) is 0. The molecule has 0 amide bonds. The Labute approximate surface area is 168 Å². The van der Waals surface area contributed by atoms with Gasteiger partial charge in [0.2, 0.25) is 0 Å². The van der Waals surface area contributed by atoms with Gasteiger partial charge in [0.1, 0.15) is 5.82 Å². The number of aromatic nitrogens is 4. The van der Waals surface area contributed by atoms with Crippen LogP contribution in [0.1, 0.15) is 11.3 Å². The van der Waals surface area contributed by atoms with Gasteiger partial charge in [-0.15, -0.1) is 0 Å². The minimum Gasteiger partial charge on any atom is -0.339 e. The standard InChI is InChI=1S/C18H12BrCl2N5/c19-14-10-23-26-17(24-11-3-2-6-22-9-11)8-12(25-18(14)26)7-13-15(20)4-1-5-16(13)21/h1-6,8-10,24H,7H2. The first-order chi connectivity index (χ1) is 12.6. The molecule has 3 aromatic heterocycles. The molecule has 0 fully saturated rings. The zero-order chi connectivity index (χ0) is 18.1. The van der Waals surface area contributed by atoms with E-state index < -0.39 is 0 Å². The molecule has 0 unspecified atom stereocenters. The molecule has 0 saturated carbocycles. The van der Waals surface area contributed by atoms with E-state index >= 15 is 0 Å². The molecule has 0 bridgehead atoms. The van der Waals surface area contributed by atoms with Gasteiger partial charge >= 0.3 is 0 Å². The molecule has 3 heterocycles. The van der Waals surface area contributed by atoms with Crippen LogP contribution in [0, 0.1) is 0 Å². The minimum atomic E-state index is 0.508. The molecule has 1 aromatic carbocycles. The molecule has 4 aromatic rings. The van der Waals surface area contributed by atoms with Gasteiger partial charge in [0.25, 0.3) is 0 Å². The SMILES string of the molecule is Clc1cccc(Cl)c1Cc1cc(Nc2cccnc2)n2ncc(Br)c2n1. The Kier molecular flexibility index (Phi) is 4.80. The highest BCUT2D eigenvalue weighted by Gasteiger charge is 2.13. The second-order valence-corrected chi connectivity index (χ2v) is 7.27. The zero-order valence-electron chi connectivity index (χ0n) is 13.3. The molecule has 0 atom stereocenters. The van der Waals surface area contributed by atoms with E-state index in [1.807, 2.05) is 36.4 Å². The van der Waals surface area contributed by atoms with E-state index in [0.717, 1.165) is 27.2 Å². The lowest BCUT2D eigenvalue weighted by Gasteiger charge is -2.12. The van der Waals surface area contributed by atoms with Gasteiger partial charge < -0.3 is 5.32 Å². The molecule has 130 valence electrons. The van der Waals surface area contributed by atoms with Crippen molar-refractivity contribution in [3.05, 3.63) is 80.8 Å². The minimum absolute atomic E-state index is 0.508. The summed E-state index contributed by atoms with van der Waals surface area (Å²) >= 11 is 16.1. The molecule has 5 nitrogen and oxygen atoms in total. The third kappa shape index (κ3) is 3.40. The van der Waals surface area contributed by atoms with Gasteiger partial charge in [-0.25, -0.2) is 4.98 Å². The Morgan fingerprint density at radius 2 is 1.88 bits per heavy atom. The maximum absolute atomic E-state index is 6.31. The number of pyridine rings is 1. The number of anilines is 2. The first kappa shape index (κ1) is 17.3. The Hall–Kier alpha value is -2.15. The first-order valence-corrected chi connectivity index (χ1v) is 9.30. The van der Waals surface area contributed by atoms with E-state index in [9.17, 15) is 0 Å². The third-order valence-corrected chi connectivity index (χ3v) is 5.10. The van der Waals surface area contributed by atoms with Gasteiger partial charge in [-0.05, 0) is 45.8 Å². The maximum atomic E-state index is 6.31. The number of rotatable bonds is 4. The fourth-order valence-corrected chi connectivity index (χ4v) is 3.51. The lowest BCUT2D eigenvalue weighted by atomic mass is 10.1. The molecule has 0 aliphatic rings. The summed E-state index contributed by atoms with van der Waals surface area (Å²) in [5.74, 6) is 0.770. The van der Waals surface area contributed by atoms with Crippen molar-refractivity contribution >= 4 is 56.3 Å². The summed E-state index contributed by atoms with van der Waals surface area (Å²) in [7, 11) is 0. The van der Waals surface area contributed by atoms with E-state index in [-0.39, 0.29) is 0 Å². The topological polar surface area (TPSA) is 55.1 Å². The second-order valence-electron chi connectivity index (χ2n) is 5.60. The van der Waals surface area contributed by atoms with Crippen molar-refractivity contribution in [1.82, 2.24) is 19.6 Å². The van der Waals surface area contributed by atoms with Crippen molar-refractivity contribution in [3.8, 4) is 0 Å². The highest BCUT2D eigenvalue weighted by molar-refractivity contribution is 9.10. The molecule has 4 rings (SSSR count).